The molecule has 0 aliphatic heterocycles. The van der Waals surface area contributed by atoms with Crippen molar-refractivity contribution >= 4 is 0 Å². The Morgan fingerprint density at radius 1 is 0.682 bits per heavy atom. The number of hydrogen-bond donors (Lipinski definition) is 0. The van der Waals surface area contributed by atoms with E-state index in [9.17, 15) is 0 Å². The van der Waals surface area contributed by atoms with Crippen LogP contribution in [0.4, 0.5) is 0 Å². The molecule has 1 aromatic rings. The largest absolute Gasteiger partial charge is 0.468 e. The minimum atomic E-state index is 0.227. The van der Waals surface area contributed by atoms with E-state index in [2.05, 4.69) is 0 Å². The Morgan fingerprint density at radius 2 is 1.27 bits per heavy atom. The molecule has 1 aromatic carbocycles. The van der Waals surface area contributed by atoms with Gasteiger partial charge < -0.3 is 28.4 Å². The summed E-state index contributed by atoms with van der Waals surface area (Å²) in [4.78, 5) is 0. The lowest BCUT2D eigenvalue weighted by atomic mass is 10.1. The van der Waals surface area contributed by atoms with Gasteiger partial charge in [0.05, 0.1) is 33.0 Å². The van der Waals surface area contributed by atoms with Crippen LogP contribution in [-0.2, 0) is 30.1 Å². The molecule has 0 aliphatic rings. The minimum absolute atomic E-state index is 0.227. The lowest BCUT2D eigenvalue weighted by Crippen LogP contribution is -2.08. The molecule has 0 fully saturated rings. The summed E-state index contributed by atoms with van der Waals surface area (Å²) in [6.07, 6.45) is 0.832. The molecule has 0 aliphatic carbocycles. The molecule has 0 amide bonds. The van der Waals surface area contributed by atoms with E-state index < -0.39 is 0 Å². The van der Waals surface area contributed by atoms with Crippen molar-refractivity contribution in [3.8, 4) is 5.75 Å². The summed E-state index contributed by atoms with van der Waals surface area (Å²) < 4.78 is 31.0. The summed E-state index contributed by atoms with van der Waals surface area (Å²) >= 11 is 0. The molecule has 0 unspecified atom stereocenters. The SMILES string of the molecule is COCCOCOCCc1ccc(OCOCCOC)cc1. The van der Waals surface area contributed by atoms with Gasteiger partial charge in [-0.3, -0.25) is 0 Å². The molecule has 0 heterocycles. The molecular weight excluding hydrogens is 288 g/mol. The molecule has 22 heavy (non-hydrogen) atoms. The maximum atomic E-state index is 5.45. The minimum Gasteiger partial charge on any atom is -0.468 e. The van der Waals surface area contributed by atoms with E-state index in [1.54, 1.807) is 14.2 Å². The van der Waals surface area contributed by atoms with Gasteiger partial charge >= 0.3 is 0 Å². The van der Waals surface area contributed by atoms with Crippen LogP contribution in [0.2, 0.25) is 0 Å². The van der Waals surface area contributed by atoms with Gasteiger partial charge in [0.15, 0.2) is 6.79 Å². The van der Waals surface area contributed by atoms with Crippen molar-refractivity contribution in [1.29, 1.82) is 0 Å². The van der Waals surface area contributed by atoms with Crippen molar-refractivity contribution in [3.63, 3.8) is 0 Å². The Bertz CT molecular complexity index is 354. The summed E-state index contributed by atoms with van der Waals surface area (Å²) in [7, 11) is 3.28. The van der Waals surface area contributed by atoms with Crippen molar-refractivity contribution in [1.82, 2.24) is 0 Å². The molecule has 6 heteroatoms. The van der Waals surface area contributed by atoms with Gasteiger partial charge in [-0.25, -0.2) is 0 Å². The highest BCUT2D eigenvalue weighted by molar-refractivity contribution is 5.27. The second-order valence-electron chi connectivity index (χ2n) is 4.48. The molecule has 0 atom stereocenters. The molecule has 0 bridgehead atoms. The van der Waals surface area contributed by atoms with Gasteiger partial charge in [-0.15, -0.1) is 0 Å². The molecule has 0 saturated carbocycles. The molecule has 0 saturated heterocycles. The number of rotatable bonds is 14. The average molecular weight is 314 g/mol. The Hall–Kier alpha value is -1.18. The molecule has 0 spiro atoms. The fourth-order valence-corrected chi connectivity index (χ4v) is 1.57. The van der Waals surface area contributed by atoms with Gasteiger partial charge in [0, 0.05) is 14.2 Å². The number of benzene rings is 1. The molecule has 126 valence electrons. The summed E-state index contributed by atoms with van der Waals surface area (Å²) in [5, 5.41) is 0. The van der Waals surface area contributed by atoms with Crippen molar-refractivity contribution in [3.05, 3.63) is 29.8 Å². The highest BCUT2D eigenvalue weighted by Gasteiger charge is 1.97. The summed E-state index contributed by atoms with van der Waals surface area (Å²) in [6.45, 7) is 3.37. The zero-order valence-corrected chi connectivity index (χ0v) is 13.4. The molecule has 0 radical (unpaired) electrons. The average Bonchev–Trinajstić information content (AvgIpc) is 2.55. The topological polar surface area (TPSA) is 55.4 Å². The van der Waals surface area contributed by atoms with Crippen LogP contribution >= 0.6 is 0 Å². The van der Waals surface area contributed by atoms with Crippen LogP contribution in [-0.4, -0.2) is 60.8 Å². The predicted octanol–water partition coefficient (Wildman–Crippen LogP) is 1.87. The van der Waals surface area contributed by atoms with Crippen LogP contribution in [0.3, 0.4) is 0 Å². The monoisotopic (exact) mass is 314 g/mol. The van der Waals surface area contributed by atoms with E-state index >= 15 is 0 Å². The lowest BCUT2D eigenvalue weighted by Gasteiger charge is -2.08. The Balaban J connectivity index is 2.06. The van der Waals surface area contributed by atoms with Gasteiger partial charge in [0.1, 0.15) is 12.5 Å². The Kier molecular flexibility index (Phi) is 11.6. The first-order valence-corrected chi connectivity index (χ1v) is 7.29. The first kappa shape index (κ1) is 18.9. The fourth-order valence-electron chi connectivity index (χ4n) is 1.57. The summed E-state index contributed by atoms with van der Waals surface area (Å²) in [5.41, 5.74) is 1.18. The molecule has 6 nitrogen and oxygen atoms in total. The molecule has 1 rings (SSSR count). The van der Waals surface area contributed by atoms with Crippen LogP contribution in [0.5, 0.6) is 5.75 Å². The van der Waals surface area contributed by atoms with Crippen LogP contribution in [0.25, 0.3) is 0 Å². The summed E-state index contributed by atoms with van der Waals surface area (Å²) in [6, 6.07) is 7.87. The first-order chi connectivity index (χ1) is 10.9. The van der Waals surface area contributed by atoms with Crippen molar-refractivity contribution < 1.29 is 28.4 Å². The third kappa shape index (κ3) is 9.70. The van der Waals surface area contributed by atoms with E-state index in [4.69, 9.17) is 28.4 Å². The van der Waals surface area contributed by atoms with Gasteiger partial charge in [-0.05, 0) is 24.1 Å². The smallest absolute Gasteiger partial charge is 0.189 e. The van der Waals surface area contributed by atoms with Crippen LogP contribution in [0.15, 0.2) is 24.3 Å². The van der Waals surface area contributed by atoms with E-state index in [0.717, 1.165) is 12.2 Å². The van der Waals surface area contributed by atoms with E-state index in [-0.39, 0.29) is 6.79 Å². The van der Waals surface area contributed by atoms with Gasteiger partial charge in [0.25, 0.3) is 0 Å². The second kappa shape index (κ2) is 13.5. The maximum absolute atomic E-state index is 5.45. The number of methoxy groups -OCH3 is 2. The predicted molar refractivity (Wildman–Crippen MR) is 82.1 cm³/mol. The molecular formula is C16H26O6. The van der Waals surface area contributed by atoms with Crippen LogP contribution in [0.1, 0.15) is 5.56 Å². The number of hydrogen-bond acceptors (Lipinski definition) is 6. The Labute approximate surface area is 132 Å². The second-order valence-corrected chi connectivity index (χ2v) is 4.48. The van der Waals surface area contributed by atoms with E-state index in [1.807, 2.05) is 24.3 Å². The van der Waals surface area contributed by atoms with Crippen LogP contribution < -0.4 is 4.74 Å². The van der Waals surface area contributed by atoms with Crippen molar-refractivity contribution in [2.75, 3.05) is 60.8 Å². The zero-order chi connectivity index (χ0) is 15.9. The van der Waals surface area contributed by atoms with Crippen molar-refractivity contribution in [2.24, 2.45) is 0 Å². The van der Waals surface area contributed by atoms with Crippen LogP contribution in [0, 0.1) is 0 Å². The third-order valence-corrected chi connectivity index (χ3v) is 2.80. The zero-order valence-electron chi connectivity index (χ0n) is 13.4. The number of ether oxygens (including phenoxy) is 6. The van der Waals surface area contributed by atoms with Gasteiger partial charge in [-0.1, -0.05) is 12.1 Å². The molecule has 0 aromatic heterocycles. The lowest BCUT2D eigenvalue weighted by molar-refractivity contribution is -0.0647. The van der Waals surface area contributed by atoms with Crippen molar-refractivity contribution in [2.45, 2.75) is 6.42 Å². The standard InChI is InChI=1S/C16H26O6/c1-17-9-11-20-13-19-8-7-15-3-5-16(6-4-15)22-14-21-12-10-18-2/h3-6H,7-14H2,1-2H3. The summed E-state index contributed by atoms with van der Waals surface area (Å²) in [5.74, 6) is 0.782. The quantitative estimate of drug-likeness (QED) is 0.386. The van der Waals surface area contributed by atoms with E-state index in [1.165, 1.54) is 5.56 Å². The Morgan fingerprint density at radius 3 is 1.91 bits per heavy atom. The van der Waals surface area contributed by atoms with Gasteiger partial charge in [-0.2, -0.15) is 0 Å². The highest BCUT2D eigenvalue weighted by Crippen LogP contribution is 2.12. The highest BCUT2D eigenvalue weighted by atomic mass is 16.7. The first-order valence-electron chi connectivity index (χ1n) is 7.29. The fraction of sp³-hybridized carbons (Fsp3) is 0.625. The van der Waals surface area contributed by atoms with Gasteiger partial charge in [0.2, 0.25) is 0 Å². The third-order valence-electron chi connectivity index (χ3n) is 2.80. The maximum Gasteiger partial charge on any atom is 0.189 e. The molecule has 0 N–H and O–H groups in total. The van der Waals surface area contributed by atoms with E-state index in [0.29, 0.717) is 39.8 Å². The normalized spacial score (nSPS) is 10.8.